The first-order valence-corrected chi connectivity index (χ1v) is 15.7. The molecule has 0 amide bonds. The molecule has 41 heavy (non-hydrogen) atoms. The minimum atomic E-state index is -3.68. The van der Waals surface area contributed by atoms with Crippen molar-refractivity contribution in [1.29, 1.82) is 0 Å². The Balaban J connectivity index is 1.30. The molecule has 4 heterocycles. The molecular weight excluding hydrogens is 552 g/mol. The Morgan fingerprint density at radius 1 is 0.951 bits per heavy atom. The topological polar surface area (TPSA) is 116 Å². The van der Waals surface area contributed by atoms with Gasteiger partial charge in [0.1, 0.15) is 11.5 Å². The van der Waals surface area contributed by atoms with Gasteiger partial charge in [0.25, 0.3) is 5.92 Å². The van der Waals surface area contributed by atoms with Crippen LogP contribution in [0.4, 0.5) is 26.0 Å². The van der Waals surface area contributed by atoms with Gasteiger partial charge >= 0.3 is 0 Å². The van der Waals surface area contributed by atoms with E-state index in [0.717, 1.165) is 48.6 Å². The molecule has 3 aliphatic rings. The molecule has 220 valence electrons. The first kappa shape index (κ1) is 27.8. The van der Waals surface area contributed by atoms with Crippen LogP contribution in [0.2, 0.25) is 0 Å². The molecule has 1 spiro atoms. The van der Waals surface area contributed by atoms with Crippen LogP contribution in [-0.4, -0.2) is 78.0 Å². The molecule has 3 fully saturated rings. The normalized spacial score (nSPS) is 19.9. The second-order valence-electron chi connectivity index (χ2n) is 11.6. The van der Waals surface area contributed by atoms with E-state index in [1.54, 1.807) is 10.7 Å². The van der Waals surface area contributed by atoms with E-state index in [9.17, 15) is 17.2 Å². The number of aromatic nitrogens is 4. The maximum atomic E-state index is 13.7. The van der Waals surface area contributed by atoms with E-state index in [4.69, 9.17) is 5.11 Å². The number of piperidine rings is 2. The lowest BCUT2D eigenvalue weighted by Crippen LogP contribution is -2.39. The fraction of sp³-hybridized carbons (Fsp3) is 0.536. The molecule has 2 aromatic heterocycles. The average molecular weight is 588 g/mol. The quantitative estimate of drug-likeness (QED) is 0.407. The number of halogens is 2. The van der Waals surface area contributed by atoms with Crippen LogP contribution >= 0.6 is 0 Å². The summed E-state index contributed by atoms with van der Waals surface area (Å²) < 4.78 is 56.4. The number of pyridine rings is 1. The second kappa shape index (κ2) is 10.5. The molecule has 1 aromatic carbocycles. The number of aliphatic hydroxyl groups is 1. The summed E-state index contributed by atoms with van der Waals surface area (Å²) in [5.74, 6) is -2.37. The third-order valence-corrected chi connectivity index (χ3v) is 9.79. The Kier molecular flexibility index (Phi) is 7.13. The van der Waals surface area contributed by atoms with Gasteiger partial charge in [-0.1, -0.05) is 5.21 Å². The summed E-state index contributed by atoms with van der Waals surface area (Å²) in [5.41, 5.74) is 4.68. The lowest BCUT2D eigenvalue weighted by Gasteiger charge is -2.35. The molecule has 2 N–H and O–H groups in total. The molecule has 0 unspecified atom stereocenters. The molecule has 1 aliphatic carbocycles. The Bertz CT molecular complexity index is 1520. The minimum absolute atomic E-state index is 0.194. The molecule has 0 atom stereocenters. The van der Waals surface area contributed by atoms with E-state index in [2.05, 4.69) is 24.9 Å². The number of aryl methyl sites for hydroxylation is 1. The summed E-state index contributed by atoms with van der Waals surface area (Å²) >= 11 is 0. The standard InChI is InChI=1S/C28H35F2N7O3S/c1-20-16-21(17-26(31-20)36-12-8-28(29,30)9-13-36)23-19-37(34-32-23)24-3-2-22(33-41(39,40)15-14-38)18-25(24)35-10-6-27(4-5-27)7-11-35/h2-3,16-19,33,38H,4-15H2,1H3. The van der Waals surface area contributed by atoms with Crippen molar-refractivity contribution in [3.8, 4) is 16.9 Å². The number of nitrogens with one attached hydrogen (secondary N) is 1. The van der Waals surface area contributed by atoms with Gasteiger partial charge in [-0.25, -0.2) is 26.9 Å². The van der Waals surface area contributed by atoms with Gasteiger partial charge < -0.3 is 14.9 Å². The Hall–Kier alpha value is -3.32. The highest BCUT2D eigenvalue weighted by Gasteiger charge is 2.44. The summed E-state index contributed by atoms with van der Waals surface area (Å²) in [6.07, 6.45) is 6.17. The highest BCUT2D eigenvalue weighted by atomic mass is 32.2. The molecule has 1 saturated carbocycles. The molecule has 0 radical (unpaired) electrons. The first-order valence-electron chi connectivity index (χ1n) is 14.1. The second-order valence-corrected chi connectivity index (χ2v) is 13.4. The molecule has 10 nitrogen and oxygen atoms in total. The summed E-state index contributed by atoms with van der Waals surface area (Å²) in [7, 11) is -3.68. The fourth-order valence-corrected chi connectivity index (χ4v) is 6.65. The number of benzene rings is 1. The maximum absolute atomic E-state index is 13.7. The van der Waals surface area contributed by atoms with Gasteiger partial charge in [0, 0.05) is 50.3 Å². The molecule has 3 aromatic rings. The molecule has 2 aliphatic heterocycles. The van der Waals surface area contributed by atoms with Crippen molar-refractivity contribution >= 4 is 27.2 Å². The van der Waals surface area contributed by atoms with Crippen molar-refractivity contribution in [3.05, 3.63) is 42.2 Å². The van der Waals surface area contributed by atoms with Crippen LogP contribution < -0.4 is 14.5 Å². The Morgan fingerprint density at radius 3 is 2.34 bits per heavy atom. The monoisotopic (exact) mass is 587 g/mol. The van der Waals surface area contributed by atoms with Gasteiger partial charge in [-0.3, -0.25) is 4.72 Å². The highest BCUT2D eigenvalue weighted by Crippen LogP contribution is 2.54. The number of anilines is 3. The summed E-state index contributed by atoms with van der Waals surface area (Å²) in [6.45, 7) is 3.62. The van der Waals surface area contributed by atoms with Crippen LogP contribution in [0.1, 0.15) is 44.2 Å². The van der Waals surface area contributed by atoms with Crippen molar-refractivity contribution < 1.29 is 22.3 Å². The van der Waals surface area contributed by atoms with Crippen molar-refractivity contribution in [2.45, 2.75) is 51.4 Å². The molecule has 2 saturated heterocycles. The Morgan fingerprint density at radius 2 is 1.66 bits per heavy atom. The predicted octanol–water partition coefficient (Wildman–Crippen LogP) is 3.99. The average Bonchev–Trinajstić information content (AvgIpc) is 3.48. The number of rotatable bonds is 8. The number of nitrogens with zero attached hydrogens (tertiary/aromatic N) is 6. The van der Waals surface area contributed by atoms with Gasteiger partial charge in [-0.05, 0) is 68.4 Å². The van der Waals surface area contributed by atoms with E-state index in [0.29, 0.717) is 22.6 Å². The van der Waals surface area contributed by atoms with Crippen molar-refractivity contribution in [2.75, 3.05) is 53.1 Å². The van der Waals surface area contributed by atoms with E-state index < -0.39 is 22.6 Å². The summed E-state index contributed by atoms with van der Waals surface area (Å²) in [5, 5.41) is 18.0. The number of hydrogen-bond donors (Lipinski definition) is 2. The molecule has 0 bridgehead atoms. The first-order chi connectivity index (χ1) is 19.5. The van der Waals surface area contributed by atoms with Crippen LogP contribution in [0.25, 0.3) is 16.9 Å². The van der Waals surface area contributed by atoms with Crippen LogP contribution in [0.15, 0.2) is 36.5 Å². The maximum Gasteiger partial charge on any atom is 0.251 e. The highest BCUT2D eigenvalue weighted by molar-refractivity contribution is 7.92. The smallest absolute Gasteiger partial charge is 0.251 e. The van der Waals surface area contributed by atoms with Crippen molar-refractivity contribution in [3.63, 3.8) is 0 Å². The third-order valence-electron chi connectivity index (χ3n) is 8.53. The lowest BCUT2D eigenvalue weighted by molar-refractivity contribution is -0.0221. The zero-order chi connectivity index (χ0) is 28.8. The SMILES string of the molecule is Cc1cc(-c2cn(-c3ccc(NS(=O)(=O)CCO)cc3N3CCC4(CC3)CC4)nn2)cc(N2CCC(F)(F)CC2)n1. The minimum Gasteiger partial charge on any atom is -0.395 e. The third kappa shape index (κ3) is 6.15. The predicted molar refractivity (Wildman–Crippen MR) is 153 cm³/mol. The molecule has 13 heteroatoms. The van der Waals surface area contributed by atoms with Gasteiger partial charge in [0.15, 0.2) is 0 Å². The Labute approximate surface area is 238 Å². The van der Waals surface area contributed by atoms with E-state index in [1.807, 2.05) is 42.3 Å². The molecular formula is C28H35F2N7O3S. The van der Waals surface area contributed by atoms with E-state index in [1.165, 1.54) is 12.8 Å². The lowest BCUT2D eigenvalue weighted by atomic mass is 9.93. The number of sulfonamides is 1. The van der Waals surface area contributed by atoms with E-state index >= 15 is 0 Å². The molecule has 6 rings (SSSR count). The fourth-order valence-electron chi connectivity index (χ4n) is 5.82. The van der Waals surface area contributed by atoms with Gasteiger partial charge in [-0.2, -0.15) is 0 Å². The summed E-state index contributed by atoms with van der Waals surface area (Å²) in [6, 6.07) is 9.09. The van der Waals surface area contributed by atoms with Crippen LogP contribution in [-0.2, 0) is 10.0 Å². The van der Waals surface area contributed by atoms with E-state index in [-0.39, 0.29) is 31.7 Å². The van der Waals surface area contributed by atoms with Gasteiger partial charge in [0.2, 0.25) is 10.0 Å². The zero-order valence-corrected chi connectivity index (χ0v) is 23.9. The number of aliphatic hydroxyl groups excluding tert-OH is 1. The van der Waals surface area contributed by atoms with Crippen LogP contribution in [0, 0.1) is 12.3 Å². The largest absolute Gasteiger partial charge is 0.395 e. The van der Waals surface area contributed by atoms with Crippen LogP contribution in [0.5, 0.6) is 0 Å². The number of hydrogen-bond acceptors (Lipinski definition) is 8. The zero-order valence-electron chi connectivity index (χ0n) is 23.1. The van der Waals surface area contributed by atoms with Crippen LogP contribution in [0.3, 0.4) is 0 Å². The van der Waals surface area contributed by atoms with Crippen molar-refractivity contribution in [2.24, 2.45) is 5.41 Å². The number of alkyl halides is 2. The van der Waals surface area contributed by atoms with Gasteiger partial charge in [0.05, 0.1) is 35.6 Å². The van der Waals surface area contributed by atoms with Gasteiger partial charge in [-0.15, -0.1) is 5.10 Å². The van der Waals surface area contributed by atoms with Crippen molar-refractivity contribution in [1.82, 2.24) is 20.0 Å². The summed E-state index contributed by atoms with van der Waals surface area (Å²) in [4.78, 5) is 8.74.